The summed E-state index contributed by atoms with van der Waals surface area (Å²) in [4.78, 5) is 10.6. The van der Waals surface area contributed by atoms with E-state index in [1.165, 1.54) is 6.07 Å². The van der Waals surface area contributed by atoms with Crippen LogP contribution in [0.3, 0.4) is 0 Å². The van der Waals surface area contributed by atoms with Crippen LogP contribution in [-0.2, 0) is 6.54 Å². The van der Waals surface area contributed by atoms with Crippen molar-refractivity contribution >= 4 is 18.4 Å². The summed E-state index contributed by atoms with van der Waals surface area (Å²) >= 11 is 0. The largest absolute Gasteiger partial charge is 0.475 e. The molecule has 17 heavy (non-hydrogen) atoms. The lowest BCUT2D eigenvalue weighted by Crippen LogP contribution is -1.95. The predicted molar refractivity (Wildman–Crippen MR) is 64.0 cm³/mol. The third-order valence-corrected chi connectivity index (χ3v) is 2.21. The van der Waals surface area contributed by atoms with Gasteiger partial charge in [0, 0.05) is 18.2 Å². The van der Waals surface area contributed by atoms with Gasteiger partial charge in [0.25, 0.3) is 0 Å². The second-order valence-corrected chi connectivity index (χ2v) is 3.28. The SMILES string of the molecule is Cl.NCc1ccc(-c2cc(C(=O)O)on2)cc1. The van der Waals surface area contributed by atoms with E-state index in [4.69, 9.17) is 10.8 Å². The van der Waals surface area contributed by atoms with Gasteiger partial charge in [0.1, 0.15) is 5.69 Å². The maximum atomic E-state index is 10.6. The number of aromatic nitrogens is 1. The van der Waals surface area contributed by atoms with Gasteiger partial charge in [-0.05, 0) is 5.56 Å². The summed E-state index contributed by atoms with van der Waals surface area (Å²) < 4.78 is 4.66. The third-order valence-electron chi connectivity index (χ3n) is 2.21. The smallest absolute Gasteiger partial charge is 0.374 e. The van der Waals surface area contributed by atoms with E-state index in [2.05, 4.69) is 9.68 Å². The number of nitrogens with zero attached hydrogens (tertiary/aromatic N) is 1. The highest BCUT2D eigenvalue weighted by Crippen LogP contribution is 2.19. The highest BCUT2D eigenvalue weighted by molar-refractivity contribution is 5.85. The molecule has 1 aromatic carbocycles. The molecule has 0 radical (unpaired) electrons. The summed E-state index contributed by atoms with van der Waals surface area (Å²) in [7, 11) is 0. The van der Waals surface area contributed by atoms with Crippen LogP contribution >= 0.6 is 12.4 Å². The Morgan fingerprint density at radius 1 is 1.35 bits per heavy atom. The second kappa shape index (κ2) is 5.47. The van der Waals surface area contributed by atoms with E-state index in [0.717, 1.165) is 11.1 Å². The van der Waals surface area contributed by atoms with Crippen molar-refractivity contribution in [3.05, 3.63) is 41.7 Å². The van der Waals surface area contributed by atoms with Gasteiger partial charge < -0.3 is 15.4 Å². The van der Waals surface area contributed by atoms with Crippen molar-refractivity contribution in [3.8, 4) is 11.3 Å². The van der Waals surface area contributed by atoms with Crippen LogP contribution in [0.5, 0.6) is 0 Å². The van der Waals surface area contributed by atoms with Crippen LogP contribution in [0.4, 0.5) is 0 Å². The maximum absolute atomic E-state index is 10.6. The van der Waals surface area contributed by atoms with Gasteiger partial charge in [0.15, 0.2) is 0 Å². The number of carboxylic acids is 1. The standard InChI is InChI=1S/C11H10N2O3.ClH/c12-6-7-1-3-8(4-2-7)9-5-10(11(14)15)16-13-9;/h1-5H,6,12H2,(H,14,15);1H. The number of hydrogen-bond acceptors (Lipinski definition) is 4. The molecule has 6 heteroatoms. The summed E-state index contributed by atoms with van der Waals surface area (Å²) in [5.41, 5.74) is 7.78. The first-order valence-electron chi connectivity index (χ1n) is 4.70. The Labute approximate surface area is 104 Å². The molecule has 0 aliphatic heterocycles. The van der Waals surface area contributed by atoms with E-state index in [0.29, 0.717) is 12.2 Å². The molecule has 0 amide bonds. The number of benzene rings is 1. The molecule has 0 atom stereocenters. The average molecular weight is 255 g/mol. The summed E-state index contributed by atoms with van der Waals surface area (Å²) in [6.45, 7) is 0.472. The molecule has 0 aliphatic carbocycles. The lowest BCUT2D eigenvalue weighted by Gasteiger charge is -1.97. The molecular formula is C11H11ClN2O3. The number of aromatic carboxylic acids is 1. The zero-order valence-electron chi connectivity index (χ0n) is 8.79. The molecule has 5 nitrogen and oxygen atoms in total. The van der Waals surface area contributed by atoms with Crippen LogP contribution in [0.15, 0.2) is 34.9 Å². The molecule has 0 fully saturated rings. The van der Waals surface area contributed by atoms with Gasteiger partial charge >= 0.3 is 5.97 Å². The Bertz CT molecular complexity index is 508. The van der Waals surface area contributed by atoms with Crippen molar-refractivity contribution in [1.82, 2.24) is 5.16 Å². The van der Waals surface area contributed by atoms with Gasteiger partial charge in [0.05, 0.1) is 0 Å². The van der Waals surface area contributed by atoms with Gasteiger partial charge in [0.2, 0.25) is 5.76 Å². The van der Waals surface area contributed by atoms with Gasteiger partial charge in [-0.25, -0.2) is 4.79 Å². The fourth-order valence-electron chi connectivity index (χ4n) is 1.32. The lowest BCUT2D eigenvalue weighted by molar-refractivity contribution is 0.0652. The normalized spacial score (nSPS) is 9.71. The lowest BCUT2D eigenvalue weighted by atomic mass is 10.1. The molecule has 3 N–H and O–H groups in total. The van der Waals surface area contributed by atoms with Crippen LogP contribution in [0.25, 0.3) is 11.3 Å². The number of halogens is 1. The minimum atomic E-state index is -1.13. The summed E-state index contributed by atoms with van der Waals surface area (Å²) in [6, 6.07) is 8.77. The first kappa shape index (κ1) is 13.2. The third kappa shape index (κ3) is 2.83. The minimum absolute atomic E-state index is 0. The first-order valence-corrected chi connectivity index (χ1v) is 4.70. The van der Waals surface area contributed by atoms with E-state index in [1.807, 2.05) is 24.3 Å². The van der Waals surface area contributed by atoms with E-state index < -0.39 is 5.97 Å². The molecule has 1 heterocycles. The molecule has 0 bridgehead atoms. The number of rotatable bonds is 3. The molecular weight excluding hydrogens is 244 g/mol. The summed E-state index contributed by atoms with van der Waals surface area (Å²) in [5.74, 6) is -1.30. The first-order chi connectivity index (χ1) is 7.70. The van der Waals surface area contributed by atoms with Gasteiger partial charge in [-0.2, -0.15) is 0 Å². The molecule has 2 rings (SSSR count). The molecule has 1 aromatic heterocycles. The molecule has 90 valence electrons. The summed E-state index contributed by atoms with van der Waals surface area (Å²) in [6.07, 6.45) is 0. The van der Waals surface area contributed by atoms with E-state index >= 15 is 0 Å². The minimum Gasteiger partial charge on any atom is -0.475 e. The molecule has 0 unspecified atom stereocenters. The quantitative estimate of drug-likeness (QED) is 0.873. The Morgan fingerprint density at radius 3 is 2.47 bits per heavy atom. The maximum Gasteiger partial charge on any atom is 0.374 e. The number of nitrogens with two attached hydrogens (primary N) is 1. The van der Waals surface area contributed by atoms with Crippen molar-refractivity contribution in [2.75, 3.05) is 0 Å². The van der Waals surface area contributed by atoms with E-state index in [9.17, 15) is 4.79 Å². The Kier molecular flexibility index (Phi) is 4.25. The van der Waals surface area contributed by atoms with Crippen LogP contribution in [-0.4, -0.2) is 16.2 Å². The Morgan fingerprint density at radius 2 is 2.00 bits per heavy atom. The molecule has 0 spiro atoms. The summed E-state index contributed by atoms with van der Waals surface area (Å²) in [5, 5.41) is 12.4. The van der Waals surface area contributed by atoms with Crippen molar-refractivity contribution in [2.45, 2.75) is 6.54 Å². The van der Waals surface area contributed by atoms with Crippen LogP contribution in [0.2, 0.25) is 0 Å². The fourth-order valence-corrected chi connectivity index (χ4v) is 1.32. The number of hydrogen-bond donors (Lipinski definition) is 2. The van der Waals surface area contributed by atoms with Crippen molar-refractivity contribution in [1.29, 1.82) is 0 Å². The monoisotopic (exact) mass is 254 g/mol. The van der Waals surface area contributed by atoms with E-state index in [1.54, 1.807) is 0 Å². The van der Waals surface area contributed by atoms with Gasteiger partial charge in [-0.1, -0.05) is 29.4 Å². The van der Waals surface area contributed by atoms with Crippen molar-refractivity contribution < 1.29 is 14.4 Å². The Hall–Kier alpha value is -1.85. The highest BCUT2D eigenvalue weighted by Gasteiger charge is 2.11. The van der Waals surface area contributed by atoms with Crippen LogP contribution in [0, 0.1) is 0 Å². The fraction of sp³-hybridized carbons (Fsp3) is 0.0909. The Balaban J connectivity index is 0.00000144. The van der Waals surface area contributed by atoms with Gasteiger partial charge in [-0.3, -0.25) is 0 Å². The zero-order chi connectivity index (χ0) is 11.5. The molecule has 0 saturated heterocycles. The van der Waals surface area contributed by atoms with Crippen molar-refractivity contribution in [2.24, 2.45) is 5.73 Å². The second-order valence-electron chi connectivity index (χ2n) is 3.28. The number of carboxylic acid groups (broad SMARTS) is 1. The van der Waals surface area contributed by atoms with Crippen LogP contribution < -0.4 is 5.73 Å². The topological polar surface area (TPSA) is 89.4 Å². The predicted octanol–water partition coefficient (Wildman–Crippen LogP) is 1.92. The van der Waals surface area contributed by atoms with Crippen molar-refractivity contribution in [3.63, 3.8) is 0 Å². The van der Waals surface area contributed by atoms with Gasteiger partial charge in [-0.15, -0.1) is 12.4 Å². The average Bonchev–Trinajstić information content (AvgIpc) is 2.78. The number of carbonyl (C=O) groups is 1. The van der Waals surface area contributed by atoms with Crippen LogP contribution in [0.1, 0.15) is 16.1 Å². The molecule has 0 aliphatic rings. The van der Waals surface area contributed by atoms with E-state index in [-0.39, 0.29) is 18.2 Å². The highest BCUT2D eigenvalue weighted by atomic mass is 35.5. The zero-order valence-corrected chi connectivity index (χ0v) is 9.61. The molecule has 0 saturated carbocycles. The molecule has 2 aromatic rings.